The zero-order valence-electron chi connectivity index (χ0n) is 7.98. The van der Waals surface area contributed by atoms with Gasteiger partial charge in [-0.15, -0.1) is 0 Å². The van der Waals surface area contributed by atoms with Crippen molar-refractivity contribution in [3.8, 4) is 0 Å². The molecule has 0 saturated heterocycles. The molecule has 12 heavy (non-hydrogen) atoms. The molecule has 0 aromatic heterocycles. The van der Waals surface area contributed by atoms with E-state index < -0.39 is 0 Å². The molecule has 2 N–H and O–H groups in total. The predicted octanol–water partition coefficient (Wildman–Crippen LogP) is 2.64. The second-order valence-corrected chi connectivity index (χ2v) is 4.34. The Morgan fingerprint density at radius 1 is 1.42 bits per heavy atom. The minimum absolute atomic E-state index is 0.0292. The highest BCUT2D eigenvalue weighted by molar-refractivity contribution is 4.88. The largest absolute Gasteiger partial charge is 0.325 e. The lowest BCUT2D eigenvalue weighted by Crippen LogP contribution is -2.43. The average Bonchev–Trinajstić information content (AvgIpc) is 2.08. The maximum atomic E-state index is 11.9. The fourth-order valence-corrected chi connectivity index (χ4v) is 2.01. The van der Waals surface area contributed by atoms with Crippen molar-refractivity contribution in [2.75, 3.05) is 6.67 Å². The third-order valence-corrected chi connectivity index (χ3v) is 3.08. The van der Waals surface area contributed by atoms with E-state index in [1.54, 1.807) is 0 Å². The number of halogens is 1. The third kappa shape index (κ3) is 2.74. The zero-order chi connectivity index (χ0) is 9.03. The molecule has 1 saturated carbocycles. The molecule has 0 aliphatic heterocycles. The SMILES string of the molecule is CC1CCC(N)(CCCF)CC1. The predicted molar refractivity (Wildman–Crippen MR) is 49.8 cm³/mol. The summed E-state index contributed by atoms with van der Waals surface area (Å²) in [6.45, 7) is 2.06. The van der Waals surface area contributed by atoms with Gasteiger partial charge >= 0.3 is 0 Å². The summed E-state index contributed by atoms with van der Waals surface area (Å²) < 4.78 is 11.9. The van der Waals surface area contributed by atoms with E-state index in [0.717, 1.165) is 25.2 Å². The van der Waals surface area contributed by atoms with Gasteiger partial charge in [-0.25, -0.2) is 0 Å². The van der Waals surface area contributed by atoms with Crippen LogP contribution in [0.3, 0.4) is 0 Å². The van der Waals surface area contributed by atoms with Crippen molar-refractivity contribution < 1.29 is 4.39 Å². The van der Waals surface area contributed by atoms with Crippen LogP contribution in [0.4, 0.5) is 4.39 Å². The summed E-state index contributed by atoms with van der Waals surface area (Å²) in [5.74, 6) is 0.826. The van der Waals surface area contributed by atoms with E-state index in [1.165, 1.54) is 12.8 Å². The molecule has 0 atom stereocenters. The Bertz CT molecular complexity index is 122. The molecule has 72 valence electrons. The third-order valence-electron chi connectivity index (χ3n) is 3.08. The van der Waals surface area contributed by atoms with Crippen LogP contribution in [-0.4, -0.2) is 12.2 Å². The van der Waals surface area contributed by atoms with Crippen molar-refractivity contribution in [3.63, 3.8) is 0 Å². The lowest BCUT2D eigenvalue weighted by Gasteiger charge is -2.36. The van der Waals surface area contributed by atoms with E-state index in [4.69, 9.17) is 5.73 Å². The van der Waals surface area contributed by atoms with E-state index in [9.17, 15) is 4.39 Å². The second kappa shape index (κ2) is 4.22. The van der Waals surface area contributed by atoms with Gasteiger partial charge in [0.2, 0.25) is 0 Å². The molecule has 0 heterocycles. The van der Waals surface area contributed by atoms with Crippen molar-refractivity contribution in [2.24, 2.45) is 11.7 Å². The van der Waals surface area contributed by atoms with Crippen molar-refractivity contribution in [3.05, 3.63) is 0 Å². The van der Waals surface area contributed by atoms with Gasteiger partial charge in [0.05, 0.1) is 6.67 Å². The molecule has 1 nitrogen and oxygen atoms in total. The highest BCUT2D eigenvalue weighted by Crippen LogP contribution is 2.32. The Labute approximate surface area is 74.5 Å². The van der Waals surface area contributed by atoms with E-state index in [-0.39, 0.29) is 12.2 Å². The molecule has 0 aromatic carbocycles. The van der Waals surface area contributed by atoms with Crippen LogP contribution >= 0.6 is 0 Å². The van der Waals surface area contributed by atoms with Crippen LogP contribution < -0.4 is 5.73 Å². The highest BCUT2D eigenvalue weighted by atomic mass is 19.1. The van der Waals surface area contributed by atoms with E-state index in [1.807, 2.05) is 0 Å². The summed E-state index contributed by atoms with van der Waals surface area (Å²) in [5, 5.41) is 0. The zero-order valence-corrected chi connectivity index (χ0v) is 7.98. The van der Waals surface area contributed by atoms with Crippen LogP contribution in [0.1, 0.15) is 45.4 Å². The van der Waals surface area contributed by atoms with E-state index >= 15 is 0 Å². The fourth-order valence-electron chi connectivity index (χ4n) is 2.01. The first-order valence-electron chi connectivity index (χ1n) is 5.01. The average molecular weight is 173 g/mol. The maximum absolute atomic E-state index is 11.9. The first-order valence-corrected chi connectivity index (χ1v) is 5.01. The number of nitrogens with two attached hydrogens (primary N) is 1. The lowest BCUT2D eigenvalue weighted by atomic mass is 9.75. The van der Waals surface area contributed by atoms with Gasteiger partial charge in [0, 0.05) is 5.54 Å². The molecule has 0 amide bonds. The first kappa shape index (κ1) is 9.97. The van der Waals surface area contributed by atoms with Gasteiger partial charge < -0.3 is 5.73 Å². The fraction of sp³-hybridized carbons (Fsp3) is 1.00. The Morgan fingerprint density at radius 2 is 2.00 bits per heavy atom. The van der Waals surface area contributed by atoms with E-state index in [0.29, 0.717) is 6.42 Å². The summed E-state index contributed by atoms with van der Waals surface area (Å²) in [5.41, 5.74) is 6.11. The Kier molecular flexibility index (Phi) is 3.51. The van der Waals surface area contributed by atoms with Gasteiger partial charge in [-0.1, -0.05) is 6.92 Å². The number of hydrogen-bond donors (Lipinski definition) is 1. The normalized spacial score (nSPS) is 36.8. The van der Waals surface area contributed by atoms with Crippen LogP contribution in [0.25, 0.3) is 0 Å². The standard InChI is InChI=1S/C10H20FN/c1-9-3-6-10(12,7-4-9)5-2-8-11/h9H,2-8,12H2,1H3. The van der Waals surface area contributed by atoms with Crippen LogP contribution in [0, 0.1) is 5.92 Å². The summed E-state index contributed by atoms with van der Waals surface area (Å²) >= 11 is 0. The summed E-state index contributed by atoms with van der Waals surface area (Å²) in [6.07, 6.45) is 6.15. The van der Waals surface area contributed by atoms with Crippen molar-refractivity contribution >= 4 is 0 Å². The smallest absolute Gasteiger partial charge is 0.0895 e. The molecule has 1 aliphatic carbocycles. The second-order valence-electron chi connectivity index (χ2n) is 4.34. The maximum Gasteiger partial charge on any atom is 0.0895 e. The molecule has 1 aliphatic rings. The van der Waals surface area contributed by atoms with Gasteiger partial charge in [-0.2, -0.15) is 0 Å². The molecule has 0 aromatic rings. The number of alkyl halides is 1. The monoisotopic (exact) mass is 173 g/mol. The summed E-state index contributed by atoms with van der Waals surface area (Å²) in [4.78, 5) is 0. The number of hydrogen-bond acceptors (Lipinski definition) is 1. The summed E-state index contributed by atoms with van der Waals surface area (Å²) in [6, 6.07) is 0. The van der Waals surface area contributed by atoms with Crippen molar-refractivity contribution in [2.45, 2.75) is 51.0 Å². The molecule has 0 unspecified atom stereocenters. The number of rotatable bonds is 3. The summed E-state index contributed by atoms with van der Waals surface area (Å²) in [7, 11) is 0. The van der Waals surface area contributed by atoms with Gasteiger partial charge in [-0.3, -0.25) is 4.39 Å². The minimum atomic E-state index is -0.214. The Morgan fingerprint density at radius 3 is 2.50 bits per heavy atom. The van der Waals surface area contributed by atoms with Crippen LogP contribution in [0.2, 0.25) is 0 Å². The van der Waals surface area contributed by atoms with E-state index in [2.05, 4.69) is 6.92 Å². The lowest BCUT2D eigenvalue weighted by molar-refractivity contribution is 0.222. The van der Waals surface area contributed by atoms with Crippen molar-refractivity contribution in [1.29, 1.82) is 0 Å². The van der Waals surface area contributed by atoms with Crippen LogP contribution in [-0.2, 0) is 0 Å². The Balaban J connectivity index is 2.29. The topological polar surface area (TPSA) is 26.0 Å². The van der Waals surface area contributed by atoms with Crippen LogP contribution in [0.5, 0.6) is 0 Å². The first-order chi connectivity index (χ1) is 5.66. The van der Waals surface area contributed by atoms with Crippen molar-refractivity contribution in [1.82, 2.24) is 0 Å². The highest BCUT2D eigenvalue weighted by Gasteiger charge is 2.29. The Hall–Kier alpha value is -0.110. The van der Waals surface area contributed by atoms with Gasteiger partial charge in [0.25, 0.3) is 0 Å². The molecule has 0 radical (unpaired) electrons. The quantitative estimate of drug-likeness (QED) is 0.697. The molecular weight excluding hydrogens is 153 g/mol. The molecular formula is C10H20FN. The molecule has 2 heteroatoms. The molecule has 1 fully saturated rings. The molecule has 0 spiro atoms. The van der Waals surface area contributed by atoms with Gasteiger partial charge in [0.15, 0.2) is 0 Å². The van der Waals surface area contributed by atoms with Gasteiger partial charge in [0.1, 0.15) is 0 Å². The van der Waals surface area contributed by atoms with Crippen LogP contribution in [0.15, 0.2) is 0 Å². The molecule has 1 rings (SSSR count). The minimum Gasteiger partial charge on any atom is -0.325 e. The molecule has 0 bridgehead atoms. The van der Waals surface area contributed by atoms with Gasteiger partial charge in [-0.05, 0) is 44.4 Å².